The van der Waals surface area contributed by atoms with Crippen molar-refractivity contribution in [2.75, 3.05) is 13.1 Å². The van der Waals surface area contributed by atoms with Crippen molar-refractivity contribution < 1.29 is 4.79 Å². The lowest BCUT2D eigenvalue weighted by Crippen LogP contribution is -2.35. The predicted molar refractivity (Wildman–Crippen MR) is 86.3 cm³/mol. The van der Waals surface area contributed by atoms with Gasteiger partial charge >= 0.3 is 0 Å². The summed E-state index contributed by atoms with van der Waals surface area (Å²) in [5.74, 6) is 0.466. The molecule has 0 aliphatic rings. The fourth-order valence-corrected chi connectivity index (χ4v) is 2.25. The molecule has 0 bridgehead atoms. The highest BCUT2D eigenvalue weighted by Gasteiger charge is 2.06. The largest absolute Gasteiger partial charge is 0.355 e. The van der Waals surface area contributed by atoms with Crippen molar-refractivity contribution in [3.05, 3.63) is 41.0 Å². The van der Waals surface area contributed by atoms with Gasteiger partial charge in [0.2, 0.25) is 5.91 Å². The van der Waals surface area contributed by atoms with E-state index in [1.165, 1.54) is 0 Å². The minimum Gasteiger partial charge on any atom is -0.355 e. The van der Waals surface area contributed by atoms with Crippen LogP contribution in [-0.2, 0) is 11.3 Å². The number of carbonyl (C=O) groups excluding carboxylic acids is 1. The maximum atomic E-state index is 11.6. The molecular weight excluding hydrogens is 286 g/mol. The second-order valence-corrected chi connectivity index (χ2v) is 5.81. The standard InChI is InChI=1S/C16H20ClN3O/c1-11(2)8-20-15(21)10-18-9-12-5-6-14(17)13-4-3-7-19-16(12)13/h3-7,11,18H,8-10H2,1-2H3,(H,20,21). The number of rotatable bonds is 6. The molecule has 1 amide bonds. The highest BCUT2D eigenvalue weighted by Crippen LogP contribution is 2.24. The van der Waals surface area contributed by atoms with Gasteiger partial charge in [0.15, 0.2) is 0 Å². The summed E-state index contributed by atoms with van der Waals surface area (Å²) in [6, 6.07) is 7.62. The van der Waals surface area contributed by atoms with Crippen LogP contribution in [0.5, 0.6) is 0 Å². The van der Waals surface area contributed by atoms with E-state index in [1.807, 2.05) is 24.3 Å². The average molecular weight is 306 g/mol. The summed E-state index contributed by atoms with van der Waals surface area (Å²) in [4.78, 5) is 16.0. The molecule has 0 unspecified atom stereocenters. The van der Waals surface area contributed by atoms with Gasteiger partial charge in [0.05, 0.1) is 12.1 Å². The lowest BCUT2D eigenvalue weighted by atomic mass is 10.1. The van der Waals surface area contributed by atoms with Crippen molar-refractivity contribution in [3.8, 4) is 0 Å². The number of hydrogen-bond acceptors (Lipinski definition) is 3. The molecule has 0 spiro atoms. The first-order chi connectivity index (χ1) is 10.1. The van der Waals surface area contributed by atoms with E-state index in [0.29, 0.717) is 30.6 Å². The third-order valence-corrected chi connectivity index (χ3v) is 3.44. The van der Waals surface area contributed by atoms with Gasteiger partial charge in [-0.2, -0.15) is 0 Å². The Morgan fingerprint density at radius 1 is 1.33 bits per heavy atom. The number of carbonyl (C=O) groups is 1. The van der Waals surface area contributed by atoms with Crippen LogP contribution in [0.3, 0.4) is 0 Å². The molecule has 1 heterocycles. The highest BCUT2D eigenvalue weighted by atomic mass is 35.5. The number of nitrogens with zero attached hydrogens (tertiary/aromatic N) is 1. The zero-order valence-corrected chi connectivity index (χ0v) is 13.1. The summed E-state index contributed by atoms with van der Waals surface area (Å²) >= 11 is 6.16. The van der Waals surface area contributed by atoms with Gasteiger partial charge in [-0.1, -0.05) is 31.5 Å². The first-order valence-electron chi connectivity index (χ1n) is 7.07. The monoisotopic (exact) mass is 305 g/mol. The molecular formula is C16H20ClN3O. The second-order valence-electron chi connectivity index (χ2n) is 5.41. The number of hydrogen-bond donors (Lipinski definition) is 2. The highest BCUT2D eigenvalue weighted by molar-refractivity contribution is 6.35. The lowest BCUT2D eigenvalue weighted by Gasteiger charge is -2.10. The average Bonchev–Trinajstić information content (AvgIpc) is 2.48. The Morgan fingerprint density at radius 3 is 2.90 bits per heavy atom. The van der Waals surface area contributed by atoms with E-state index in [1.54, 1.807) is 6.20 Å². The maximum absolute atomic E-state index is 11.6. The van der Waals surface area contributed by atoms with E-state index < -0.39 is 0 Å². The van der Waals surface area contributed by atoms with Gasteiger partial charge in [0.1, 0.15) is 0 Å². The van der Waals surface area contributed by atoms with Gasteiger partial charge in [-0.05, 0) is 29.7 Å². The molecule has 0 aliphatic heterocycles. The summed E-state index contributed by atoms with van der Waals surface area (Å²) in [5.41, 5.74) is 1.91. The first-order valence-corrected chi connectivity index (χ1v) is 7.45. The number of halogens is 1. The molecule has 2 rings (SSSR count). The van der Waals surface area contributed by atoms with E-state index in [9.17, 15) is 4.79 Å². The molecule has 0 fully saturated rings. The molecule has 0 saturated carbocycles. The fraction of sp³-hybridized carbons (Fsp3) is 0.375. The topological polar surface area (TPSA) is 54.0 Å². The molecule has 2 aromatic rings. The van der Waals surface area contributed by atoms with Crippen molar-refractivity contribution in [2.45, 2.75) is 20.4 Å². The van der Waals surface area contributed by atoms with Gasteiger partial charge in [-0.15, -0.1) is 0 Å². The molecule has 5 heteroatoms. The Morgan fingerprint density at radius 2 is 2.14 bits per heavy atom. The zero-order valence-electron chi connectivity index (χ0n) is 12.3. The molecule has 0 aliphatic carbocycles. The quantitative estimate of drug-likeness (QED) is 0.863. The van der Waals surface area contributed by atoms with Crippen LogP contribution in [0.15, 0.2) is 30.5 Å². The van der Waals surface area contributed by atoms with Gasteiger partial charge in [0.25, 0.3) is 0 Å². The van der Waals surface area contributed by atoms with E-state index in [-0.39, 0.29) is 5.91 Å². The summed E-state index contributed by atoms with van der Waals surface area (Å²) in [5, 5.41) is 7.64. The first kappa shape index (κ1) is 15.7. The van der Waals surface area contributed by atoms with Gasteiger partial charge in [0, 0.05) is 29.7 Å². The van der Waals surface area contributed by atoms with Crippen molar-refractivity contribution in [2.24, 2.45) is 5.92 Å². The number of fused-ring (bicyclic) bond motifs is 1. The van der Waals surface area contributed by atoms with E-state index in [0.717, 1.165) is 16.5 Å². The molecule has 112 valence electrons. The van der Waals surface area contributed by atoms with Crippen molar-refractivity contribution in [1.29, 1.82) is 0 Å². The van der Waals surface area contributed by atoms with Crippen molar-refractivity contribution in [3.63, 3.8) is 0 Å². The number of amides is 1. The minimum absolute atomic E-state index is 0.00919. The van der Waals surface area contributed by atoms with Crippen LogP contribution in [-0.4, -0.2) is 24.0 Å². The minimum atomic E-state index is 0.00919. The molecule has 21 heavy (non-hydrogen) atoms. The van der Waals surface area contributed by atoms with Crippen molar-refractivity contribution >= 4 is 28.4 Å². The zero-order chi connectivity index (χ0) is 15.2. The van der Waals surface area contributed by atoms with E-state index in [2.05, 4.69) is 29.5 Å². The number of nitrogens with one attached hydrogen (secondary N) is 2. The summed E-state index contributed by atoms with van der Waals surface area (Å²) < 4.78 is 0. The third-order valence-electron chi connectivity index (χ3n) is 3.11. The van der Waals surface area contributed by atoms with Crippen LogP contribution in [0.4, 0.5) is 0 Å². The molecule has 2 N–H and O–H groups in total. The second kappa shape index (κ2) is 7.38. The molecule has 0 atom stereocenters. The Hall–Kier alpha value is -1.65. The fourth-order valence-electron chi connectivity index (χ4n) is 2.03. The molecule has 4 nitrogen and oxygen atoms in total. The summed E-state index contributed by atoms with van der Waals surface area (Å²) in [7, 11) is 0. The normalized spacial score (nSPS) is 11.0. The van der Waals surface area contributed by atoms with Crippen molar-refractivity contribution in [1.82, 2.24) is 15.6 Å². The summed E-state index contributed by atoms with van der Waals surface area (Å²) in [6.07, 6.45) is 1.75. The SMILES string of the molecule is CC(C)CNC(=O)CNCc1ccc(Cl)c2cccnc12. The Balaban J connectivity index is 1.95. The van der Waals surface area contributed by atoms with E-state index in [4.69, 9.17) is 11.6 Å². The Kier molecular flexibility index (Phi) is 5.53. The van der Waals surface area contributed by atoms with Gasteiger partial charge in [-0.25, -0.2) is 0 Å². The molecule has 1 aromatic carbocycles. The summed E-state index contributed by atoms with van der Waals surface area (Å²) in [6.45, 7) is 5.72. The van der Waals surface area contributed by atoms with Crippen LogP contribution < -0.4 is 10.6 Å². The van der Waals surface area contributed by atoms with Gasteiger partial charge in [-0.3, -0.25) is 9.78 Å². The number of benzene rings is 1. The number of pyridine rings is 1. The Bertz CT molecular complexity index is 628. The van der Waals surface area contributed by atoms with Crippen LogP contribution >= 0.6 is 11.6 Å². The smallest absolute Gasteiger partial charge is 0.233 e. The Labute approximate surface area is 129 Å². The molecule has 1 aromatic heterocycles. The van der Waals surface area contributed by atoms with E-state index >= 15 is 0 Å². The van der Waals surface area contributed by atoms with Crippen LogP contribution in [0.25, 0.3) is 10.9 Å². The van der Waals surface area contributed by atoms with Crippen LogP contribution in [0.1, 0.15) is 19.4 Å². The number of aromatic nitrogens is 1. The predicted octanol–water partition coefficient (Wildman–Crippen LogP) is 2.75. The third kappa shape index (κ3) is 4.41. The van der Waals surface area contributed by atoms with Crippen LogP contribution in [0, 0.1) is 5.92 Å². The molecule has 0 radical (unpaired) electrons. The molecule has 0 saturated heterocycles. The maximum Gasteiger partial charge on any atom is 0.233 e. The lowest BCUT2D eigenvalue weighted by molar-refractivity contribution is -0.120. The van der Waals surface area contributed by atoms with Gasteiger partial charge < -0.3 is 10.6 Å². The van der Waals surface area contributed by atoms with Crippen LogP contribution in [0.2, 0.25) is 5.02 Å².